The predicted molar refractivity (Wildman–Crippen MR) is 96.6 cm³/mol. The Hall–Kier alpha value is -0.350. The molecule has 0 aliphatic rings. The lowest BCUT2D eigenvalue weighted by atomic mass is 10.2. The average molecular weight is 377 g/mol. The number of allylic oxidation sites excluding steroid dienone is 2. The molecule has 0 bridgehead atoms. The van der Waals surface area contributed by atoms with Crippen molar-refractivity contribution in [2.45, 2.75) is 71.1 Å². The van der Waals surface area contributed by atoms with Crippen LogP contribution in [0.1, 0.15) is 71.1 Å². The molecule has 0 unspecified atom stereocenters. The van der Waals surface area contributed by atoms with Gasteiger partial charge in [0.1, 0.15) is 0 Å². The summed E-state index contributed by atoms with van der Waals surface area (Å²) < 4.78 is 10.7. The monoisotopic (exact) mass is 376 g/mol. The molecule has 0 aromatic heterocycles. The summed E-state index contributed by atoms with van der Waals surface area (Å²) in [6.45, 7) is 4.16. The van der Waals surface area contributed by atoms with Crippen molar-refractivity contribution in [3.05, 3.63) is 12.2 Å². The van der Waals surface area contributed by atoms with Crippen LogP contribution in [0, 0.1) is 0 Å². The number of rotatable bonds is 16. The lowest BCUT2D eigenvalue weighted by molar-refractivity contribution is -0.144. The van der Waals surface area contributed by atoms with Crippen molar-refractivity contribution in [3.63, 3.8) is 0 Å². The molecule has 0 aliphatic heterocycles. The van der Waals surface area contributed by atoms with Gasteiger partial charge in [0.15, 0.2) is 0 Å². The van der Waals surface area contributed by atoms with Crippen LogP contribution in [-0.4, -0.2) is 31.1 Å². The summed E-state index contributed by atoms with van der Waals surface area (Å²) in [5.41, 5.74) is 0. The van der Waals surface area contributed by atoms with Crippen molar-refractivity contribution in [2.75, 3.05) is 25.2 Å². The number of ether oxygens (including phenoxy) is 2. The molecule has 0 saturated carbocycles. The van der Waals surface area contributed by atoms with Gasteiger partial charge in [0.2, 0.25) is 0 Å². The minimum Gasteiger partial charge on any atom is -0.466 e. The van der Waals surface area contributed by atoms with E-state index in [0.717, 1.165) is 50.5 Å². The molecule has 4 heteroatoms. The summed E-state index contributed by atoms with van der Waals surface area (Å²) in [7, 11) is 0. The third-order valence-corrected chi connectivity index (χ3v) is 3.83. The van der Waals surface area contributed by atoms with E-state index < -0.39 is 0 Å². The van der Waals surface area contributed by atoms with Crippen molar-refractivity contribution < 1.29 is 14.3 Å². The van der Waals surface area contributed by atoms with Crippen LogP contribution >= 0.6 is 15.9 Å². The zero-order valence-corrected chi connectivity index (χ0v) is 15.7. The highest BCUT2D eigenvalue weighted by molar-refractivity contribution is 9.09. The lowest BCUT2D eigenvalue weighted by Crippen LogP contribution is -2.07. The fraction of sp³-hybridized carbons (Fsp3) is 0.833. The first-order valence-electron chi connectivity index (χ1n) is 8.75. The Bertz CT molecular complexity index is 267. The minimum absolute atomic E-state index is 0.0891. The molecule has 0 aromatic carbocycles. The summed E-state index contributed by atoms with van der Waals surface area (Å²) in [5.74, 6) is -0.0891. The van der Waals surface area contributed by atoms with Crippen LogP contribution in [0.3, 0.4) is 0 Å². The molecule has 0 radical (unpaired) electrons. The lowest BCUT2D eigenvalue weighted by Gasteiger charge is -2.05. The van der Waals surface area contributed by atoms with Crippen LogP contribution in [-0.2, 0) is 14.3 Å². The molecule has 0 fully saturated rings. The Morgan fingerprint density at radius 2 is 1.64 bits per heavy atom. The molecule has 0 heterocycles. The number of hydrogen-bond donors (Lipinski definition) is 0. The summed E-state index contributed by atoms with van der Waals surface area (Å²) in [6.07, 6.45) is 14.7. The van der Waals surface area contributed by atoms with Crippen LogP contribution in [0.4, 0.5) is 0 Å². The van der Waals surface area contributed by atoms with Gasteiger partial charge in [-0.25, -0.2) is 0 Å². The number of alkyl halides is 1. The average Bonchev–Trinajstić information content (AvgIpc) is 2.52. The van der Waals surface area contributed by atoms with Gasteiger partial charge in [0.25, 0.3) is 0 Å². The Morgan fingerprint density at radius 3 is 2.41 bits per heavy atom. The largest absolute Gasteiger partial charge is 0.466 e. The van der Waals surface area contributed by atoms with E-state index >= 15 is 0 Å². The first-order chi connectivity index (χ1) is 10.8. The Morgan fingerprint density at radius 1 is 0.909 bits per heavy atom. The SMILES string of the molecule is CC/C=C\CCCCOCCCC(=O)OCCCCCCBr. The molecule has 22 heavy (non-hydrogen) atoms. The minimum atomic E-state index is -0.0891. The number of hydrogen-bond acceptors (Lipinski definition) is 3. The Kier molecular flexibility index (Phi) is 18.4. The van der Waals surface area contributed by atoms with Crippen molar-refractivity contribution in [2.24, 2.45) is 0 Å². The van der Waals surface area contributed by atoms with Gasteiger partial charge in [0.05, 0.1) is 6.61 Å². The quantitative estimate of drug-likeness (QED) is 0.156. The maximum atomic E-state index is 11.5. The second kappa shape index (κ2) is 18.7. The van der Waals surface area contributed by atoms with Gasteiger partial charge in [0, 0.05) is 25.0 Å². The second-order valence-corrected chi connectivity index (χ2v) is 6.21. The van der Waals surface area contributed by atoms with E-state index in [-0.39, 0.29) is 5.97 Å². The van der Waals surface area contributed by atoms with E-state index in [1.54, 1.807) is 0 Å². The third kappa shape index (κ3) is 17.7. The van der Waals surface area contributed by atoms with E-state index in [2.05, 4.69) is 35.0 Å². The molecule has 0 saturated heterocycles. The van der Waals surface area contributed by atoms with Crippen molar-refractivity contribution in [1.82, 2.24) is 0 Å². The molecule has 0 aliphatic carbocycles. The molecule has 0 N–H and O–H groups in total. The zero-order chi connectivity index (χ0) is 16.3. The van der Waals surface area contributed by atoms with E-state index in [1.807, 2.05) is 0 Å². The number of unbranched alkanes of at least 4 members (excludes halogenated alkanes) is 5. The van der Waals surface area contributed by atoms with Gasteiger partial charge in [-0.1, -0.05) is 47.8 Å². The van der Waals surface area contributed by atoms with E-state index in [0.29, 0.717) is 19.6 Å². The van der Waals surface area contributed by atoms with Crippen molar-refractivity contribution in [3.8, 4) is 0 Å². The first kappa shape index (κ1) is 21.6. The third-order valence-electron chi connectivity index (χ3n) is 3.27. The maximum absolute atomic E-state index is 11.5. The Labute approximate surface area is 145 Å². The molecular formula is C18H33BrO3. The van der Waals surface area contributed by atoms with Gasteiger partial charge in [-0.2, -0.15) is 0 Å². The highest BCUT2D eigenvalue weighted by Crippen LogP contribution is 2.03. The highest BCUT2D eigenvalue weighted by atomic mass is 79.9. The maximum Gasteiger partial charge on any atom is 0.305 e. The van der Waals surface area contributed by atoms with Crippen molar-refractivity contribution >= 4 is 21.9 Å². The molecule has 3 nitrogen and oxygen atoms in total. The van der Waals surface area contributed by atoms with Crippen LogP contribution in [0.2, 0.25) is 0 Å². The summed E-state index contributed by atoms with van der Waals surface area (Å²) in [5, 5.41) is 1.06. The van der Waals surface area contributed by atoms with Gasteiger partial charge >= 0.3 is 5.97 Å². The van der Waals surface area contributed by atoms with Gasteiger partial charge in [-0.05, 0) is 44.9 Å². The first-order valence-corrected chi connectivity index (χ1v) is 9.87. The summed E-state index contributed by atoms with van der Waals surface area (Å²) in [6, 6.07) is 0. The molecular weight excluding hydrogens is 344 g/mol. The topological polar surface area (TPSA) is 35.5 Å². The van der Waals surface area contributed by atoms with Gasteiger partial charge < -0.3 is 9.47 Å². The van der Waals surface area contributed by atoms with Gasteiger partial charge in [-0.3, -0.25) is 4.79 Å². The smallest absolute Gasteiger partial charge is 0.305 e. The predicted octanol–water partition coefficient (Wildman–Crippen LogP) is 5.42. The molecule has 130 valence electrons. The van der Waals surface area contributed by atoms with Crippen LogP contribution in [0.5, 0.6) is 0 Å². The molecule has 0 amide bonds. The van der Waals surface area contributed by atoms with E-state index in [9.17, 15) is 4.79 Å². The molecule has 0 atom stereocenters. The van der Waals surface area contributed by atoms with E-state index in [4.69, 9.17) is 9.47 Å². The Balaban J connectivity index is 3.16. The van der Waals surface area contributed by atoms with Gasteiger partial charge in [-0.15, -0.1) is 0 Å². The molecule has 0 spiro atoms. The fourth-order valence-corrected chi connectivity index (χ4v) is 2.38. The zero-order valence-electron chi connectivity index (χ0n) is 14.2. The fourth-order valence-electron chi connectivity index (χ4n) is 1.98. The summed E-state index contributed by atoms with van der Waals surface area (Å²) in [4.78, 5) is 11.5. The highest BCUT2D eigenvalue weighted by Gasteiger charge is 2.02. The van der Waals surface area contributed by atoms with Crippen LogP contribution in [0.25, 0.3) is 0 Å². The number of halogens is 1. The molecule has 0 aromatic rings. The number of carbonyl (C=O) groups excluding carboxylic acids is 1. The standard InChI is InChI=1S/C18H33BrO3/c1-2-3-4-5-7-10-15-21-16-12-13-18(20)22-17-11-8-6-9-14-19/h3-4H,2,5-17H2,1H3/b4-3-. The molecule has 0 rings (SSSR count). The van der Waals surface area contributed by atoms with E-state index in [1.165, 1.54) is 19.3 Å². The van der Waals surface area contributed by atoms with Crippen LogP contribution < -0.4 is 0 Å². The second-order valence-electron chi connectivity index (χ2n) is 5.42. The summed E-state index contributed by atoms with van der Waals surface area (Å²) >= 11 is 3.41. The van der Waals surface area contributed by atoms with Crippen molar-refractivity contribution in [1.29, 1.82) is 0 Å². The van der Waals surface area contributed by atoms with Crippen LogP contribution in [0.15, 0.2) is 12.2 Å². The number of esters is 1. The normalized spacial score (nSPS) is 11.2. The number of carbonyl (C=O) groups is 1.